The van der Waals surface area contributed by atoms with Gasteiger partial charge in [0.1, 0.15) is 0 Å². The zero-order chi connectivity index (χ0) is 17.7. The van der Waals surface area contributed by atoms with Crippen molar-refractivity contribution in [3.63, 3.8) is 0 Å². The Kier molecular flexibility index (Phi) is 5.25. The molecular formula is C21H24N2O2. The molecule has 0 saturated heterocycles. The normalized spacial score (nSPS) is 18.8. The van der Waals surface area contributed by atoms with Gasteiger partial charge in [-0.1, -0.05) is 55.5 Å². The topological polar surface area (TPSA) is 34.5 Å². The van der Waals surface area contributed by atoms with Crippen LogP contribution in [0.5, 0.6) is 0 Å². The molecule has 0 aliphatic carbocycles. The highest BCUT2D eigenvalue weighted by atomic mass is 16.7. The maximum absolute atomic E-state index is 12.6. The van der Waals surface area contributed by atoms with E-state index >= 15 is 0 Å². The van der Waals surface area contributed by atoms with Gasteiger partial charge >= 0.3 is 6.03 Å². The van der Waals surface area contributed by atoms with E-state index in [0.717, 1.165) is 37.8 Å². The van der Waals surface area contributed by atoms with Crippen molar-refractivity contribution in [3.05, 3.63) is 59.9 Å². The van der Waals surface area contributed by atoms with E-state index in [1.807, 2.05) is 30.3 Å². The summed E-state index contributed by atoms with van der Waals surface area (Å²) in [7, 11) is 1.54. The van der Waals surface area contributed by atoms with E-state index in [1.165, 1.54) is 17.7 Å². The molecule has 0 saturated carbocycles. The van der Waals surface area contributed by atoms with Crippen molar-refractivity contribution >= 4 is 6.03 Å². The van der Waals surface area contributed by atoms with Gasteiger partial charge in [0.15, 0.2) is 5.54 Å². The molecule has 130 valence electrons. The van der Waals surface area contributed by atoms with Crippen LogP contribution in [0.2, 0.25) is 0 Å². The maximum Gasteiger partial charge on any atom is 0.354 e. The van der Waals surface area contributed by atoms with Crippen LogP contribution in [0.15, 0.2) is 48.7 Å². The second-order valence-electron chi connectivity index (χ2n) is 6.27. The summed E-state index contributed by atoms with van der Waals surface area (Å²) in [6.45, 7) is 2.14. The van der Waals surface area contributed by atoms with Gasteiger partial charge in [-0.3, -0.25) is 9.40 Å². The number of aryl methyl sites for hydroxylation is 1. The molecule has 0 spiro atoms. The van der Waals surface area contributed by atoms with Crippen LogP contribution in [-0.2, 0) is 16.8 Å². The second kappa shape index (κ2) is 7.58. The zero-order valence-corrected chi connectivity index (χ0v) is 14.9. The molecule has 0 N–H and O–H groups in total. The quantitative estimate of drug-likeness (QED) is 0.735. The van der Waals surface area contributed by atoms with Crippen LogP contribution in [0, 0.1) is 11.8 Å². The number of hydroxylamine groups is 2. The number of rotatable bonds is 6. The van der Waals surface area contributed by atoms with Gasteiger partial charge in [0.25, 0.3) is 0 Å². The first-order valence-corrected chi connectivity index (χ1v) is 8.83. The first-order valence-electron chi connectivity index (χ1n) is 8.83. The van der Waals surface area contributed by atoms with Crippen molar-refractivity contribution in [2.24, 2.45) is 0 Å². The van der Waals surface area contributed by atoms with Gasteiger partial charge in [0.05, 0.1) is 12.8 Å². The molecule has 2 heterocycles. The standard InChI is InChI=1S/C21H24N2O2/c1-3-4-15-21(16-9-8-13-18-11-6-5-7-12-18)19-14-10-17-22(19)20(24)23(21)25-2/h5-7,10-12,14,17H,3-4,8,13,15H2,1-2H3. The molecule has 0 fully saturated rings. The molecule has 2 aromatic rings. The number of unbranched alkanes of at least 4 members (excludes halogenated alkanes) is 1. The van der Waals surface area contributed by atoms with Gasteiger partial charge in [0, 0.05) is 12.6 Å². The molecule has 1 aromatic carbocycles. The first kappa shape index (κ1) is 17.3. The molecule has 1 aliphatic heterocycles. The fourth-order valence-electron chi connectivity index (χ4n) is 3.38. The van der Waals surface area contributed by atoms with Crippen molar-refractivity contribution in [1.29, 1.82) is 0 Å². The predicted molar refractivity (Wildman–Crippen MR) is 97.8 cm³/mol. The third-order valence-electron chi connectivity index (χ3n) is 4.65. The minimum Gasteiger partial charge on any atom is -0.271 e. The largest absolute Gasteiger partial charge is 0.354 e. The van der Waals surface area contributed by atoms with Crippen molar-refractivity contribution in [2.75, 3.05) is 7.11 Å². The van der Waals surface area contributed by atoms with E-state index in [1.54, 1.807) is 10.8 Å². The van der Waals surface area contributed by atoms with Gasteiger partial charge in [-0.25, -0.2) is 4.79 Å². The number of aromatic nitrogens is 1. The van der Waals surface area contributed by atoms with E-state index in [9.17, 15) is 4.79 Å². The van der Waals surface area contributed by atoms with Crippen LogP contribution in [0.1, 0.15) is 43.9 Å². The fraction of sp³-hybridized carbons (Fsp3) is 0.381. The number of carbonyl (C=O) groups is 1. The Morgan fingerprint density at radius 3 is 2.68 bits per heavy atom. The molecule has 4 heteroatoms. The van der Waals surface area contributed by atoms with Crippen LogP contribution in [0.3, 0.4) is 0 Å². The third-order valence-corrected chi connectivity index (χ3v) is 4.65. The minimum atomic E-state index is -0.692. The summed E-state index contributed by atoms with van der Waals surface area (Å²) in [6, 6.07) is 14.0. The molecule has 1 aliphatic rings. The van der Waals surface area contributed by atoms with Crippen molar-refractivity contribution < 1.29 is 9.63 Å². The number of amides is 1. The summed E-state index contributed by atoms with van der Waals surface area (Å²) in [5, 5.41) is 1.44. The van der Waals surface area contributed by atoms with E-state index in [0.29, 0.717) is 0 Å². The average Bonchev–Trinajstić information content (AvgIpc) is 3.21. The number of nitrogens with zero attached hydrogens (tertiary/aromatic N) is 2. The van der Waals surface area contributed by atoms with Crippen molar-refractivity contribution in [1.82, 2.24) is 9.63 Å². The van der Waals surface area contributed by atoms with Gasteiger partial charge < -0.3 is 0 Å². The lowest BCUT2D eigenvalue weighted by molar-refractivity contribution is -0.134. The molecule has 1 unspecified atom stereocenters. The van der Waals surface area contributed by atoms with Gasteiger partial charge in [-0.15, -0.1) is 0 Å². The monoisotopic (exact) mass is 336 g/mol. The van der Waals surface area contributed by atoms with Crippen LogP contribution in [0.4, 0.5) is 4.79 Å². The van der Waals surface area contributed by atoms with Gasteiger partial charge in [0.2, 0.25) is 0 Å². The summed E-state index contributed by atoms with van der Waals surface area (Å²) >= 11 is 0. The summed E-state index contributed by atoms with van der Waals surface area (Å²) in [5.74, 6) is 6.69. The lowest BCUT2D eigenvalue weighted by Crippen LogP contribution is -2.42. The van der Waals surface area contributed by atoms with Crippen LogP contribution >= 0.6 is 0 Å². The molecule has 1 aromatic heterocycles. The zero-order valence-electron chi connectivity index (χ0n) is 14.9. The Morgan fingerprint density at radius 2 is 1.96 bits per heavy atom. The summed E-state index contributed by atoms with van der Waals surface area (Å²) in [4.78, 5) is 18.1. The molecule has 4 nitrogen and oxygen atoms in total. The number of hydrogen-bond acceptors (Lipinski definition) is 2. The molecule has 25 heavy (non-hydrogen) atoms. The SMILES string of the molecule is CCCCC1(C#CCCc2ccccc2)c2cccn2C(=O)N1OC. The summed E-state index contributed by atoms with van der Waals surface area (Å²) in [5.41, 5.74) is 1.48. The van der Waals surface area contributed by atoms with Gasteiger partial charge in [-0.2, -0.15) is 5.06 Å². The van der Waals surface area contributed by atoms with Crippen molar-refractivity contribution in [3.8, 4) is 11.8 Å². The Bertz CT molecular complexity index is 785. The number of benzene rings is 1. The van der Waals surface area contributed by atoms with Crippen LogP contribution < -0.4 is 0 Å². The molecule has 1 atom stereocenters. The predicted octanol–water partition coefficient (Wildman–Crippen LogP) is 4.35. The second-order valence-corrected chi connectivity index (χ2v) is 6.27. The molecule has 0 radical (unpaired) electrons. The van der Waals surface area contributed by atoms with E-state index < -0.39 is 5.54 Å². The smallest absolute Gasteiger partial charge is 0.271 e. The Hall–Kier alpha value is -2.51. The fourth-order valence-corrected chi connectivity index (χ4v) is 3.38. The first-order chi connectivity index (χ1) is 12.2. The number of fused-ring (bicyclic) bond motifs is 1. The maximum atomic E-state index is 12.6. The molecule has 3 rings (SSSR count). The lowest BCUT2D eigenvalue weighted by atomic mass is 9.90. The van der Waals surface area contributed by atoms with Crippen LogP contribution in [0.25, 0.3) is 0 Å². The molecule has 0 bridgehead atoms. The Morgan fingerprint density at radius 1 is 1.16 bits per heavy atom. The third kappa shape index (κ3) is 3.20. The highest BCUT2D eigenvalue weighted by Gasteiger charge is 2.49. The average molecular weight is 336 g/mol. The minimum absolute atomic E-state index is 0.170. The van der Waals surface area contributed by atoms with E-state index in [-0.39, 0.29) is 6.03 Å². The summed E-state index contributed by atoms with van der Waals surface area (Å²) < 4.78 is 1.64. The van der Waals surface area contributed by atoms with Crippen molar-refractivity contribution in [2.45, 2.75) is 44.6 Å². The highest BCUT2D eigenvalue weighted by Crippen LogP contribution is 2.39. The Labute approximate surface area is 149 Å². The van der Waals surface area contributed by atoms with E-state index in [2.05, 4.69) is 30.9 Å². The number of carbonyl (C=O) groups excluding carboxylic acids is 1. The number of hydrogen-bond donors (Lipinski definition) is 0. The van der Waals surface area contributed by atoms with Gasteiger partial charge in [-0.05, 0) is 37.0 Å². The molecule has 1 amide bonds. The van der Waals surface area contributed by atoms with Crippen LogP contribution in [-0.4, -0.2) is 22.8 Å². The highest BCUT2D eigenvalue weighted by molar-refractivity contribution is 5.82. The summed E-state index contributed by atoms with van der Waals surface area (Å²) in [6.07, 6.45) is 6.23. The Balaban J connectivity index is 1.87. The van der Waals surface area contributed by atoms with E-state index in [4.69, 9.17) is 4.84 Å². The lowest BCUT2D eigenvalue weighted by Gasteiger charge is -2.31. The molecular weight excluding hydrogens is 312 g/mol.